The van der Waals surface area contributed by atoms with Gasteiger partial charge >= 0.3 is 11.9 Å². The normalized spacial score (nSPS) is 30.5. The van der Waals surface area contributed by atoms with E-state index in [-0.39, 0.29) is 12.5 Å². The van der Waals surface area contributed by atoms with E-state index in [1.165, 1.54) is 11.3 Å². The topological polar surface area (TPSA) is 77.5 Å². The van der Waals surface area contributed by atoms with Crippen molar-refractivity contribution in [2.45, 2.75) is 45.3 Å². The van der Waals surface area contributed by atoms with Crippen LogP contribution in [-0.4, -0.2) is 23.0 Å². The van der Waals surface area contributed by atoms with Gasteiger partial charge in [0.05, 0.1) is 5.69 Å². The van der Waals surface area contributed by atoms with Crippen LogP contribution in [0.4, 0.5) is 10.8 Å². The maximum Gasteiger partial charge on any atom is 0.324 e. The third-order valence-electron chi connectivity index (χ3n) is 5.12. The van der Waals surface area contributed by atoms with Gasteiger partial charge in [-0.15, -0.1) is 11.3 Å². The highest BCUT2D eigenvalue weighted by Crippen LogP contribution is 2.52. The number of hydrogen-bond acceptors (Lipinski definition) is 7. The van der Waals surface area contributed by atoms with Gasteiger partial charge in [-0.25, -0.2) is 4.98 Å². The first-order chi connectivity index (χ1) is 12.3. The van der Waals surface area contributed by atoms with E-state index in [9.17, 15) is 9.59 Å². The Balaban J connectivity index is 1.59. The number of thiazole rings is 1. The Hall–Kier alpha value is -2.41. The molecule has 1 aromatic carbocycles. The molecule has 2 aromatic rings. The first-order valence-electron chi connectivity index (χ1n) is 8.56. The molecule has 1 N–H and O–H groups in total. The molecule has 4 rings (SSSR count). The number of cyclic esters (lactones) is 2. The lowest BCUT2D eigenvalue weighted by atomic mass is 9.78. The lowest BCUT2D eigenvalue weighted by Crippen LogP contribution is -2.31. The van der Waals surface area contributed by atoms with Gasteiger partial charge in [0, 0.05) is 23.9 Å². The maximum atomic E-state index is 12.5. The average Bonchev–Trinajstić information content (AvgIpc) is 3.22. The Morgan fingerprint density at radius 2 is 2.04 bits per heavy atom. The molecule has 7 heteroatoms. The molecule has 0 bridgehead atoms. The summed E-state index contributed by atoms with van der Waals surface area (Å²) < 4.78 is 10.9. The molecule has 2 aliphatic rings. The van der Waals surface area contributed by atoms with Crippen LogP contribution >= 0.6 is 11.3 Å². The van der Waals surface area contributed by atoms with Gasteiger partial charge in [-0.05, 0) is 32.4 Å². The summed E-state index contributed by atoms with van der Waals surface area (Å²) in [5, 5.41) is 5.89. The minimum absolute atomic E-state index is 0.259. The summed E-state index contributed by atoms with van der Waals surface area (Å²) in [7, 11) is 0. The standard InChI is InChI=1S/C19H20N2O4S/c1-11-6-4-5-7-13(11)20-17-21-14(9-26-17)18(3)10-19(16(23)25-18)8-12(2)24-15(19)22/h4-7,9,12H,8,10H2,1-3H3,(H,20,21)/t12-,18+,19-/m1/s1. The van der Waals surface area contributed by atoms with Crippen LogP contribution in [0.3, 0.4) is 0 Å². The Labute approximate surface area is 155 Å². The molecule has 6 nitrogen and oxygen atoms in total. The van der Waals surface area contributed by atoms with Crippen molar-refractivity contribution in [3.63, 3.8) is 0 Å². The lowest BCUT2D eigenvalue weighted by Gasteiger charge is -2.20. The van der Waals surface area contributed by atoms with E-state index in [0.717, 1.165) is 16.4 Å². The van der Waals surface area contributed by atoms with Crippen LogP contribution in [0.15, 0.2) is 29.6 Å². The summed E-state index contributed by atoms with van der Waals surface area (Å²) in [5.74, 6) is -0.983. The van der Waals surface area contributed by atoms with Gasteiger partial charge in [-0.3, -0.25) is 9.59 Å². The second-order valence-corrected chi connectivity index (χ2v) is 8.14. The lowest BCUT2D eigenvalue weighted by molar-refractivity contribution is -0.160. The zero-order valence-electron chi connectivity index (χ0n) is 14.9. The third-order valence-corrected chi connectivity index (χ3v) is 5.87. The molecule has 2 aliphatic heterocycles. The molecule has 26 heavy (non-hydrogen) atoms. The van der Waals surface area contributed by atoms with Crippen molar-refractivity contribution < 1.29 is 19.1 Å². The summed E-state index contributed by atoms with van der Waals surface area (Å²) in [5.41, 5.74) is 0.621. The van der Waals surface area contributed by atoms with E-state index in [0.29, 0.717) is 12.1 Å². The van der Waals surface area contributed by atoms with Crippen LogP contribution < -0.4 is 5.32 Å². The van der Waals surface area contributed by atoms with E-state index >= 15 is 0 Å². The number of anilines is 2. The van der Waals surface area contributed by atoms with Gasteiger partial charge in [-0.2, -0.15) is 0 Å². The number of nitrogens with one attached hydrogen (secondary N) is 1. The molecule has 0 saturated carbocycles. The summed E-state index contributed by atoms with van der Waals surface area (Å²) in [6.07, 6.45) is 0.347. The van der Waals surface area contributed by atoms with E-state index < -0.39 is 23.0 Å². The molecule has 0 amide bonds. The number of aromatic nitrogens is 1. The first-order valence-corrected chi connectivity index (χ1v) is 9.44. The van der Waals surface area contributed by atoms with E-state index in [2.05, 4.69) is 10.3 Å². The third kappa shape index (κ3) is 2.58. The van der Waals surface area contributed by atoms with Crippen molar-refractivity contribution in [1.29, 1.82) is 0 Å². The minimum atomic E-state index is -1.19. The quantitative estimate of drug-likeness (QED) is 0.654. The number of carbonyl (C=O) groups excluding carboxylic acids is 2. The fraction of sp³-hybridized carbons (Fsp3) is 0.421. The predicted octanol–water partition coefficient (Wildman–Crippen LogP) is 3.68. The fourth-order valence-corrected chi connectivity index (χ4v) is 4.60. The fourth-order valence-electron chi connectivity index (χ4n) is 3.75. The van der Waals surface area contributed by atoms with Gasteiger partial charge in [0.1, 0.15) is 6.10 Å². The molecule has 136 valence electrons. The van der Waals surface area contributed by atoms with Crippen molar-refractivity contribution in [3.8, 4) is 0 Å². The SMILES string of the molecule is Cc1ccccc1Nc1nc([C@]2(C)C[C@@]3(C[C@@H](C)OC3=O)C(=O)O2)cs1. The molecule has 2 fully saturated rings. The summed E-state index contributed by atoms with van der Waals surface area (Å²) in [4.78, 5) is 29.4. The second kappa shape index (κ2) is 5.81. The van der Waals surface area contributed by atoms with Crippen molar-refractivity contribution in [2.24, 2.45) is 5.41 Å². The smallest absolute Gasteiger partial charge is 0.324 e. The minimum Gasteiger partial charge on any atom is -0.462 e. The number of aryl methyl sites for hydroxylation is 1. The number of hydrogen-bond donors (Lipinski definition) is 1. The molecule has 1 aromatic heterocycles. The van der Waals surface area contributed by atoms with E-state index in [1.54, 1.807) is 6.92 Å². The van der Waals surface area contributed by atoms with Crippen LogP contribution in [0.25, 0.3) is 0 Å². The number of para-hydroxylation sites is 1. The van der Waals surface area contributed by atoms with Crippen molar-refractivity contribution >= 4 is 34.1 Å². The summed E-state index contributed by atoms with van der Waals surface area (Å²) in [6, 6.07) is 7.95. The van der Waals surface area contributed by atoms with Crippen molar-refractivity contribution in [2.75, 3.05) is 5.32 Å². The van der Waals surface area contributed by atoms with Crippen LogP contribution in [0, 0.1) is 12.3 Å². The Morgan fingerprint density at radius 1 is 1.27 bits per heavy atom. The number of benzene rings is 1. The van der Waals surface area contributed by atoms with E-state index in [4.69, 9.17) is 9.47 Å². The summed E-state index contributed by atoms with van der Waals surface area (Å²) in [6.45, 7) is 5.62. The predicted molar refractivity (Wildman–Crippen MR) is 97.2 cm³/mol. The molecule has 3 heterocycles. The molecule has 0 aliphatic carbocycles. The molecule has 1 spiro atoms. The first kappa shape index (κ1) is 17.0. The number of nitrogens with zero attached hydrogens (tertiary/aromatic N) is 1. The van der Waals surface area contributed by atoms with Gasteiger partial charge < -0.3 is 14.8 Å². The molecule has 3 atom stereocenters. The van der Waals surface area contributed by atoms with E-state index in [1.807, 2.05) is 43.5 Å². The van der Waals surface area contributed by atoms with Gasteiger partial charge in [0.15, 0.2) is 16.1 Å². The van der Waals surface area contributed by atoms with Gasteiger partial charge in [0.25, 0.3) is 0 Å². The Bertz CT molecular complexity index is 895. The molecule has 0 radical (unpaired) electrons. The second-order valence-electron chi connectivity index (χ2n) is 7.28. The average molecular weight is 372 g/mol. The van der Waals surface area contributed by atoms with Crippen molar-refractivity contribution in [1.82, 2.24) is 4.98 Å². The number of ether oxygens (including phenoxy) is 2. The highest BCUT2D eigenvalue weighted by atomic mass is 32.1. The molecular formula is C19H20N2O4S. The number of carbonyl (C=O) groups is 2. The zero-order valence-corrected chi connectivity index (χ0v) is 15.7. The Morgan fingerprint density at radius 3 is 2.73 bits per heavy atom. The highest BCUT2D eigenvalue weighted by molar-refractivity contribution is 7.13. The number of esters is 2. The van der Waals surface area contributed by atoms with Gasteiger partial charge in [0.2, 0.25) is 0 Å². The molecule has 0 unspecified atom stereocenters. The zero-order chi connectivity index (χ0) is 18.5. The van der Waals surface area contributed by atoms with Crippen LogP contribution in [0.2, 0.25) is 0 Å². The largest absolute Gasteiger partial charge is 0.462 e. The maximum absolute atomic E-state index is 12.5. The van der Waals surface area contributed by atoms with Crippen LogP contribution in [0.5, 0.6) is 0 Å². The Kier molecular flexibility index (Phi) is 3.80. The highest BCUT2D eigenvalue weighted by Gasteiger charge is 2.65. The van der Waals surface area contributed by atoms with Crippen LogP contribution in [-0.2, 0) is 24.7 Å². The molecule has 2 saturated heterocycles. The number of rotatable bonds is 3. The van der Waals surface area contributed by atoms with Crippen molar-refractivity contribution in [3.05, 3.63) is 40.9 Å². The molecular weight excluding hydrogens is 352 g/mol. The van der Waals surface area contributed by atoms with Crippen LogP contribution in [0.1, 0.15) is 37.9 Å². The van der Waals surface area contributed by atoms with Gasteiger partial charge in [-0.1, -0.05) is 18.2 Å². The summed E-state index contributed by atoms with van der Waals surface area (Å²) >= 11 is 1.44. The monoisotopic (exact) mass is 372 g/mol.